The van der Waals surface area contributed by atoms with Crippen LogP contribution >= 0.6 is 11.8 Å². The van der Waals surface area contributed by atoms with Crippen LogP contribution in [0.2, 0.25) is 0 Å². The van der Waals surface area contributed by atoms with Crippen molar-refractivity contribution in [2.24, 2.45) is 0 Å². The number of aromatic nitrogens is 1. The molecule has 0 spiro atoms. The van der Waals surface area contributed by atoms with Gasteiger partial charge in [-0.3, -0.25) is 4.79 Å². The predicted octanol–water partition coefficient (Wildman–Crippen LogP) is 3.18. The smallest absolute Gasteiger partial charge is 0.231 e. The molecule has 2 aromatic carbocycles. The van der Waals surface area contributed by atoms with Crippen LogP contribution in [0.25, 0.3) is 21.8 Å². The molecule has 94 valence electrons. The minimum atomic E-state index is 0.0595. The first-order chi connectivity index (χ1) is 9.33. The van der Waals surface area contributed by atoms with Gasteiger partial charge in [0, 0.05) is 21.9 Å². The molecular formula is C15H12N2OS. The molecule has 1 atom stereocenters. The van der Waals surface area contributed by atoms with Gasteiger partial charge in [-0.25, -0.2) is 0 Å². The summed E-state index contributed by atoms with van der Waals surface area (Å²) in [5.41, 5.74) is 3.42. The molecule has 1 amide bonds. The third-order valence-electron chi connectivity index (χ3n) is 3.53. The Bertz CT molecular complexity index is 793. The fourth-order valence-corrected chi connectivity index (χ4v) is 3.66. The summed E-state index contributed by atoms with van der Waals surface area (Å²) in [5, 5.41) is 5.52. The molecule has 1 saturated heterocycles. The second-order valence-corrected chi connectivity index (χ2v) is 5.79. The zero-order chi connectivity index (χ0) is 12.8. The van der Waals surface area contributed by atoms with Crippen molar-refractivity contribution < 1.29 is 4.79 Å². The van der Waals surface area contributed by atoms with E-state index in [1.54, 1.807) is 11.8 Å². The van der Waals surface area contributed by atoms with Crippen LogP contribution in [0, 0.1) is 0 Å². The molecular weight excluding hydrogens is 256 g/mol. The number of benzene rings is 2. The number of rotatable bonds is 1. The van der Waals surface area contributed by atoms with E-state index < -0.39 is 0 Å². The van der Waals surface area contributed by atoms with Gasteiger partial charge in [0.2, 0.25) is 5.91 Å². The fourth-order valence-electron chi connectivity index (χ4n) is 2.67. The second kappa shape index (κ2) is 4.03. The maximum atomic E-state index is 11.4. The molecule has 1 aromatic heterocycles. The fraction of sp³-hybridized carbons (Fsp3) is 0.133. The van der Waals surface area contributed by atoms with E-state index in [0.29, 0.717) is 5.75 Å². The third-order valence-corrected chi connectivity index (χ3v) is 4.66. The Balaban J connectivity index is 1.98. The summed E-state index contributed by atoms with van der Waals surface area (Å²) in [4.78, 5) is 14.9. The number of aromatic amines is 1. The topological polar surface area (TPSA) is 44.9 Å². The molecule has 0 aliphatic carbocycles. The highest BCUT2D eigenvalue weighted by molar-refractivity contribution is 8.00. The van der Waals surface area contributed by atoms with E-state index >= 15 is 0 Å². The summed E-state index contributed by atoms with van der Waals surface area (Å²) in [5.74, 6) is 0.657. The van der Waals surface area contributed by atoms with E-state index in [9.17, 15) is 4.79 Å². The summed E-state index contributed by atoms with van der Waals surface area (Å²) < 4.78 is 0. The molecule has 4 rings (SSSR count). The number of hydrogen-bond donors (Lipinski definition) is 2. The number of fused-ring (bicyclic) bond motifs is 3. The van der Waals surface area contributed by atoms with Crippen molar-refractivity contribution >= 4 is 39.5 Å². The zero-order valence-electron chi connectivity index (χ0n) is 10.1. The van der Waals surface area contributed by atoms with E-state index in [-0.39, 0.29) is 11.3 Å². The number of carbonyl (C=O) groups excluding carboxylic acids is 1. The van der Waals surface area contributed by atoms with Crippen LogP contribution in [-0.4, -0.2) is 16.6 Å². The number of para-hydroxylation sites is 2. The van der Waals surface area contributed by atoms with Gasteiger partial charge < -0.3 is 10.3 Å². The van der Waals surface area contributed by atoms with E-state index in [1.165, 1.54) is 10.8 Å². The van der Waals surface area contributed by atoms with Crippen LogP contribution in [0.3, 0.4) is 0 Å². The van der Waals surface area contributed by atoms with Crippen LogP contribution < -0.4 is 5.32 Å². The molecule has 2 N–H and O–H groups in total. The van der Waals surface area contributed by atoms with Crippen molar-refractivity contribution in [3.63, 3.8) is 0 Å². The van der Waals surface area contributed by atoms with Gasteiger partial charge in [-0.2, -0.15) is 0 Å². The van der Waals surface area contributed by atoms with E-state index in [2.05, 4.69) is 40.6 Å². The summed E-state index contributed by atoms with van der Waals surface area (Å²) in [7, 11) is 0. The number of nitrogens with one attached hydrogen (secondary N) is 2. The largest absolute Gasteiger partial charge is 0.354 e. The number of H-pyrrole nitrogens is 1. The lowest BCUT2D eigenvalue weighted by Crippen LogP contribution is -2.19. The standard InChI is InChI=1S/C15H12N2OS/c18-13-8-19-15(17-13)11-6-3-5-10-9-4-1-2-7-12(9)16-14(10)11/h1-7,15-16H,8H2,(H,17,18). The van der Waals surface area contributed by atoms with Gasteiger partial charge in [0.15, 0.2) is 0 Å². The van der Waals surface area contributed by atoms with E-state index in [1.807, 2.05) is 12.1 Å². The lowest BCUT2D eigenvalue weighted by atomic mass is 10.1. The highest BCUT2D eigenvalue weighted by Crippen LogP contribution is 2.36. The van der Waals surface area contributed by atoms with Gasteiger partial charge in [-0.15, -0.1) is 11.8 Å². The normalized spacial score (nSPS) is 19.2. The van der Waals surface area contributed by atoms with Crippen molar-refractivity contribution in [3.8, 4) is 0 Å². The zero-order valence-corrected chi connectivity index (χ0v) is 11.0. The summed E-state index contributed by atoms with van der Waals surface area (Å²) in [6, 6.07) is 14.6. The Labute approximate surface area is 114 Å². The summed E-state index contributed by atoms with van der Waals surface area (Å²) in [6.07, 6.45) is 0. The number of carbonyl (C=O) groups is 1. The first kappa shape index (κ1) is 10.9. The van der Waals surface area contributed by atoms with Gasteiger partial charge in [0.1, 0.15) is 5.37 Å². The number of amides is 1. The Kier molecular flexibility index (Phi) is 2.32. The maximum absolute atomic E-state index is 11.4. The van der Waals surface area contributed by atoms with Gasteiger partial charge in [0.25, 0.3) is 0 Å². The van der Waals surface area contributed by atoms with Crippen LogP contribution in [0.4, 0.5) is 0 Å². The minimum Gasteiger partial charge on any atom is -0.354 e. The molecule has 0 radical (unpaired) electrons. The Morgan fingerprint density at radius 1 is 1.05 bits per heavy atom. The molecule has 1 aliphatic heterocycles. The molecule has 0 bridgehead atoms. The average molecular weight is 268 g/mol. The quantitative estimate of drug-likeness (QED) is 0.712. The van der Waals surface area contributed by atoms with Crippen LogP contribution in [0.5, 0.6) is 0 Å². The minimum absolute atomic E-state index is 0.0595. The van der Waals surface area contributed by atoms with Gasteiger partial charge >= 0.3 is 0 Å². The predicted molar refractivity (Wildman–Crippen MR) is 79.1 cm³/mol. The molecule has 1 unspecified atom stereocenters. The first-order valence-corrected chi connectivity index (χ1v) is 7.28. The van der Waals surface area contributed by atoms with Crippen molar-refractivity contribution in [1.82, 2.24) is 10.3 Å². The Morgan fingerprint density at radius 2 is 1.89 bits per heavy atom. The van der Waals surface area contributed by atoms with Gasteiger partial charge in [-0.1, -0.05) is 36.4 Å². The molecule has 3 aromatic rings. The molecule has 1 fully saturated rings. The van der Waals surface area contributed by atoms with Gasteiger partial charge in [-0.05, 0) is 6.07 Å². The van der Waals surface area contributed by atoms with Crippen molar-refractivity contribution in [2.45, 2.75) is 5.37 Å². The Morgan fingerprint density at radius 3 is 2.74 bits per heavy atom. The molecule has 1 aliphatic rings. The van der Waals surface area contributed by atoms with Crippen molar-refractivity contribution in [3.05, 3.63) is 48.0 Å². The van der Waals surface area contributed by atoms with Gasteiger partial charge in [0.05, 0.1) is 11.3 Å². The molecule has 0 saturated carbocycles. The maximum Gasteiger partial charge on any atom is 0.231 e. The van der Waals surface area contributed by atoms with E-state index in [4.69, 9.17) is 0 Å². The molecule has 2 heterocycles. The monoisotopic (exact) mass is 268 g/mol. The second-order valence-electron chi connectivity index (χ2n) is 4.70. The highest BCUT2D eigenvalue weighted by atomic mass is 32.2. The van der Waals surface area contributed by atoms with Crippen LogP contribution in [-0.2, 0) is 4.79 Å². The first-order valence-electron chi connectivity index (χ1n) is 6.23. The summed E-state index contributed by atoms with van der Waals surface area (Å²) >= 11 is 1.65. The number of hydrogen-bond acceptors (Lipinski definition) is 2. The Hall–Kier alpha value is -1.94. The molecule has 19 heavy (non-hydrogen) atoms. The van der Waals surface area contributed by atoms with Crippen molar-refractivity contribution in [1.29, 1.82) is 0 Å². The third kappa shape index (κ3) is 1.64. The molecule has 3 nitrogen and oxygen atoms in total. The number of thioether (sulfide) groups is 1. The van der Waals surface area contributed by atoms with Crippen LogP contribution in [0.15, 0.2) is 42.5 Å². The lowest BCUT2D eigenvalue weighted by Gasteiger charge is -2.10. The summed E-state index contributed by atoms with van der Waals surface area (Å²) in [6.45, 7) is 0. The SMILES string of the molecule is O=C1CSC(c2cccc3c2[nH]c2ccccc23)N1. The van der Waals surface area contributed by atoms with Crippen LogP contribution in [0.1, 0.15) is 10.9 Å². The van der Waals surface area contributed by atoms with Crippen molar-refractivity contribution in [2.75, 3.05) is 5.75 Å². The average Bonchev–Trinajstić information content (AvgIpc) is 3.02. The molecule has 4 heteroatoms. The lowest BCUT2D eigenvalue weighted by molar-refractivity contribution is -0.118. The van der Waals surface area contributed by atoms with E-state index in [0.717, 1.165) is 16.6 Å². The highest BCUT2D eigenvalue weighted by Gasteiger charge is 2.25.